The average molecular weight is 404 g/mol. The Morgan fingerprint density at radius 3 is 1.65 bits per heavy atom. The van der Waals surface area contributed by atoms with Gasteiger partial charge in [-0.25, -0.2) is 9.98 Å². The molecule has 0 atom stereocenters. The molecule has 1 aliphatic rings. The van der Waals surface area contributed by atoms with Crippen molar-refractivity contribution in [3.63, 3.8) is 0 Å². The molecule has 4 heteroatoms. The summed E-state index contributed by atoms with van der Waals surface area (Å²) in [5.41, 5.74) is 6.12. The molecule has 0 fully saturated rings. The van der Waals surface area contributed by atoms with Crippen molar-refractivity contribution in [3.05, 3.63) is 108 Å². The van der Waals surface area contributed by atoms with Gasteiger partial charge in [0, 0.05) is 11.1 Å². The number of benzene rings is 4. The van der Waals surface area contributed by atoms with E-state index in [4.69, 9.17) is 14.7 Å². The van der Waals surface area contributed by atoms with Crippen molar-refractivity contribution in [2.75, 3.05) is 7.11 Å². The summed E-state index contributed by atoms with van der Waals surface area (Å²) in [6.45, 7) is 0. The van der Waals surface area contributed by atoms with Crippen molar-refractivity contribution in [1.29, 1.82) is 0 Å². The van der Waals surface area contributed by atoms with Crippen LogP contribution in [0.3, 0.4) is 0 Å². The van der Waals surface area contributed by atoms with Gasteiger partial charge in [0.25, 0.3) is 0 Å². The molecule has 0 aromatic heterocycles. The Bertz CT molecular complexity index is 1310. The Morgan fingerprint density at radius 2 is 1.10 bits per heavy atom. The fraction of sp³-hybridized carbons (Fsp3) is 0.0370. The first kappa shape index (κ1) is 18.8. The number of phenols is 1. The first-order valence-electron chi connectivity index (χ1n) is 10.0. The third-order valence-electron chi connectivity index (χ3n) is 5.28. The fourth-order valence-electron chi connectivity index (χ4n) is 3.85. The van der Waals surface area contributed by atoms with Gasteiger partial charge >= 0.3 is 0 Å². The molecular formula is C27H20N2O2. The van der Waals surface area contributed by atoms with E-state index in [1.165, 1.54) is 0 Å². The molecule has 1 N–H and O–H groups in total. The molecule has 5 rings (SSSR count). The minimum Gasteiger partial charge on any atom is -0.507 e. The number of methoxy groups -OCH3 is 1. The van der Waals surface area contributed by atoms with E-state index in [9.17, 15) is 5.11 Å². The van der Waals surface area contributed by atoms with Gasteiger partial charge in [0.15, 0.2) is 0 Å². The zero-order valence-corrected chi connectivity index (χ0v) is 17.0. The predicted octanol–water partition coefficient (Wildman–Crippen LogP) is 6.32. The van der Waals surface area contributed by atoms with Crippen LogP contribution in [0.1, 0.15) is 11.1 Å². The molecule has 0 unspecified atom stereocenters. The fourth-order valence-corrected chi connectivity index (χ4v) is 3.85. The molecule has 1 aliphatic heterocycles. The summed E-state index contributed by atoms with van der Waals surface area (Å²) in [6.07, 6.45) is 0. The summed E-state index contributed by atoms with van der Waals surface area (Å²) < 4.78 is 5.64. The highest BCUT2D eigenvalue weighted by atomic mass is 16.5. The predicted molar refractivity (Wildman–Crippen MR) is 125 cm³/mol. The van der Waals surface area contributed by atoms with Crippen molar-refractivity contribution >= 4 is 22.8 Å². The number of ether oxygens (including phenoxy) is 1. The van der Waals surface area contributed by atoms with Crippen molar-refractivity contribution < 1.29 is 9.84 Å². The summed E-state index contributed by atoms with van der Waals surface area (Å²) in [4.78, 5) is 10.1. The lowest BCUT2D eigenvalue weighted by atomic mass is 9.95. The van der Waals surface area contributed by atoms with Crippen LogP contribution in [0.4, 0.5) is 11.4 Å². The van der Waals surface area contributed by atoms with Crippen LogP contribution < -0.4 is 4.74 Å². The van der Waals surface area contributed by atoms with Gasteiger partial charge in [-0.05, 0) is 24.3 Å². The van der Waals surface area contributed by atoms with Crippen molar-refractivity contribution in [2.24, 2.45) is 9.98 Å². The number of phenolic OH excluding ortho intramolecular Hbond substituents is 1. The SMILES string of the molecule is COc1cccc2c1-c1c(O)cccc1N=C(c1ccccc1)C(c1ccccc1)=N2. The Labute approximate surface area is 180 Å². The molecule has 0 bridgehead atoms. The van der Waals surface area contributed by atoms with Gasteiger partial charge in [0.2, 0.25) is 0 Å². The van der Waals surface area contributed by atoms with Crippen LogP contribution in [-0.2, 0) is 0 Å². The van der Waals surface area contributed by atoms with E-state index in [-0.39, 0.29) is 5.75 Å². The molecule has 0 radical (unpaired) electrons. The maximum Gasteiger partial charge on any atom is 0.129 e. The third kappa shape index (κ3) is 3.38. The van der Waals surface area contributed by atoms with Crippen LogP contribution in [0.25, 0.3) is 11.1 Å². The van der Waals surface area contributed by atoms with Crippen LogP contribution >= 0.6 is 0 Å². The van der Waals surface area contributed by atoms with Gasteiger partial charge in [-0.2, -0.15) is 0 Å². The van der Waals surface area contributed by atoms with Crippen LogP contribution in [0.2, 0.25) is 0 Å². The van der Waals surface area contributed by atoms with Gasteiger partial charge in [-0.15, -0.1) is 0 Å². The zero-order chi connectivity index (χ0) is 21.2. The van der Waals surface area contributed by atoms with Gasteiger partial charge in [-0.1, -0.05) is 72.8 Å². The van der Waals surface area contributed by atoms with Gasteiger partial charge < -0.3 is 9.84 Å². The van der Waals surface area contributed by atoms with Crippen LogP contribution in [-0.4, -0.2) is 23.6 Å². The molecule has 0 amide bonds. The molecule has 0 saturated carbocycles. The molecule has 1 heterocycles. The lowest BCUT2D eigenvalue weighted by molar-refractivity contribution is 0.416. The number of rotatable bonds is 3. The number of hydrogen-bond donors (Lipinski definition) is 1. The number of aliphatic imine (C=N–C) groups is 2. The number of hydrogen-bond acceptors (Lipinski definition) is 4. The van der Waals surface area contributed by atoms with Crippen LogP contribution in [0.5, 0.6) is 11.5 Å². The zero-order valence-electron chi connectivity index (χ0n) is 17.0. The van der Waals surface area contributed by atoms with Crippen LogP contribution in [0.15, 0.2) is 107 Å². The first-order chi connectivity index (χ1) is 15.3. The lowest BCUT2D eigenvalue weighted by Crippen LogP contribution is -2.18. The summed E-state index contributed by atoms with van der Waals surface area (Å²) in [6, 6.07) is 31.1. The summed E-state index contributed by atoms with van der Waals surface area (Å²) in [5, 5.41) is 10.8. The number of nitrogens with zero attached hydrogens (tertiary/aromatic N) is 2. The standard InChI is InChI=1S/C27H20N2O2/c1-31-23-17-9-15-21-25(23)24-20(14-8-16-22(24)30)28-26(18-10-4-2-5-11-18)27(29-21)19-12-6-3-7-13-19/h2-17,30H,1H3. The quantitative estimate of drug-likeness (QED) is 0.434. The largest absolute Gasteiger partial charge is 0.507 e. The van der Waals surface area contributed by atoms with Crippen molar-refractivity contribution in [1.82, 2.24) is 0 Å². The average Bonchev–Trinajstić information content (AvgIpc) is 2.81. The third-order valence-corrected chi connectivity index (χ3v) is 5.28. The van der Waals surface area contributed by atoms with Crippen molar-refractivity contribution in [2.45, 2.75) is 0 Å². The van der Waals surface area contributed by atoms with E-state index in [2.05, 4.69) is 0 Å². The minimum atomic E-state index is 0.137. The Balaban J connectivity index is 1.91. The summed E-state index contributed by atoms with van der Waals surface area (Å²) >= 11 is 0. The Morgan fingerprint density at radius 1 is 0.581 bits per heavy atom. The highest BCUT2D eigenvalue weighted by molar-refractivity contribution is 6.54. The maximum atomic E-state index is 10.8. The highest BCUT2D eigenvalue weighted by Crippen LogP contribution is 2.48. The maximum absolute atomic E-state index is 10.8. The van der Waals surface area contributed by atoms with Gasteiger partial charge in [-0.3, -0.25) is 0 Å². The monoisotopic (exact) mass is 404 g/mol. The van der Waals surface area contributed by atoms with E-state index in [0.717, 1.165) is 28.1 Å². The number of fused-ring (bicyclic) bond motifs is 3. The van der Waals surface area contributed by atoms with Gasteiger partial charge in [0.1, 0.15) is 11.5 Å². The molecule has 150 valence electrons. The van der Waals surface area contributed by atoms with Gasteiger partial charge in [0.05, 0.1) is 41.0 Å². The van der Waals surface area contributed by atoms with E-state index in [0.29, 0.717) is 22.7 Å². The van der Waals surface area contributed by atoms with E-state index < -0.39 is 0 Å². The van der Waals surface area contributed by atoms with E-state index >= 15 is 0 Å². The Hall–Kier alpha value is -4.18. The van der Waals surface area contributed by atoms with Crippen molar-refractivity contribution in [3.8, 4) is 22.6 Å². The molecule has 4 nitrogen and oxygen atoms in total. The molecule has 0 saturated heterocycles. The molecule has 31 heavy (non-hydrogen) atoms. The molecule has 0 aliphatic carbocycles. The second kappa shape index (κ2) is 7.92. The second-order valence-corrected chi connectivity index (χ2v) is 7.18. The Kier molecular flexibility index (Phi) is 4.81. The molecule has 0 spiro atoms. The molecule has 4 aromatic carbocycles. The number of aromatic hydroxyl groups is 1. The van der Waals surface area contributed by atoms with E-state index in [1.54, 1.807) is 19.2 Å². The minimum absolute atomic E-state index is 0.137. The normalized spacial score (nSPS) is 12.5. The first-order valence-corrected chi connectivity index (χ1v) is 10.0. The summed E-state index contributed by atoms with van der Waals surface area (Å²) in [7, 11) is 1.62. The van der Waals surface area contributed by atoms with E-state index in [1.807, 2.05) is 84.9 Å². The lowest BCUT2D eigenvalue weighted by Gasteiger charge is -2.20. The molecular weight excluding hydrogens is 384 g/mol. The second-order valence-electron chi connectivity index (χ2n) is 7.18. The smallest absolute Gasteiger partial charge is 0.129 e. The summed E-state index contributed by atoms with van der Waals surface area (Å²) in [5.74, 6) is 0.771. The highest BCUT2D eigenvalue weighted by Gasteiger charge is 2.24. The van der Waals surface area contributed by atoms with Crippen LogP contribution in [0, 0.1) is 0 Å². The topological polar surface area (TPSA) is 54.2 Å². The molecule has 4 aromatic rings.